The van der Waals surface area contributed by atoms with Gasteiger partial charge in [-0.2, -0.15) is 0 Å². The molecule has 0 bridgehead atoms. The van der Waals surface area contributed by atoms with Crippen molar-refractivity contribution in [3.63, 3.8) is 0 Å². The van der Waals surface area contributed by atoms with E-state index in [4.69, 9.17) is 0 Å². The lowest BCUT2D eigenvalue weighted by Crippen LogP contribution is -2.62. The standard InChI is InChI=1S/C37H52N8O6/c1-6-12-27(30(46)34(49)41-22-24-13-10-17-38-21-24)44(5)35(50)28-16-11-20-45(28)36(51)31(37(2,3)4)43-33(48)29(25-14-8-7-9-15-25)42-32(47)26-23-39-18-19-40-26/h10,13,17-19,21,23,25,27-29,31H,6-9,11-12,14-16,20,22H2,1-5H3,(H,41,49)(H,42,47)(H,43,48)/t27-,28-,29-,31+/m0/s1. The highest BCUT2D eigenvalue weighted by molar-refractivity contribution is 6.38. The molecule has 5 amide bonds. The van der Waals surface area contributed by atoms with Gasteiger partial charge in [-0.1, -0.05) is 59.4 Å². The Hall–Kier alpha value is -4.75. The van der Waals surface area contributed by atoms with Gasteiger partial charge in [0.25, 0.3) is 11.8 Å². The van der Waals surface area contributed by atoms with Gasteiger partial charge in [-0.25, -0.2) is 4.98 Å². The van der Waals surface area contributed by atoms with Crippen LogP contribution in [0.2, 0.25) is 0 Å². The van der Waals surface area contributed by atoms with E-state index in [0.29, 0.717) is 25.8 Å². The van der Waals surface area contributed by atoms with Crippen molar-refractivity contribution >= 4 is 35.3 Å². The Kier molecular flexibility index (Phi) is 13.7. The quantitative estimate of drug-likeness (QED) is 0.249. The summed E-state index contributed by atoms with van der Waals surface area (Å²) in [5.41, 5.74) is 0.0603. The predicted molar refractivity (Wildman–Crippen MR) is 189 cm³/mol. The highest BCUT2D eigenvalue weighted by atomic mass is 16.2. The maximum atomic E-state index is 14.4. The van der Waals surface area contributed by atoms with Crippen LogP contribution in [0.3, 0.4) is 0 Å². The van der Waals surface area contributed by atoms with Crippen LogP contribution in [-0.4, -0.2) is 97.8 Å². The molecule has 0 radical (unpaired) electrons. The Balaban J connectivity index is 1.49. The summed E-state index contributed by atoms with van der Waals surface area (Å²) in [6.07, 6.45) is 13.5. The molecular formula is C37H52N8O6. The lowest BCUT2D eigenvalue weighted by Gasteiger charge is -2.38. The van der Waals surface area contributed by atoms with E-state index < -0.39 is 64.9 Å². The second kappa shape index (κ2) is 18.0. The Morgan fingerprint density at radius 1 is 0.941 bits per heavy atom. The first-order valence-electron chi connectivity index (χ1n) is 18.0. The van der Waals surface area contributed by atoms with Crippen molar-refractivity contribution in [3.8, 4) is 0 Å². The highest BCUT2D eigenvalue weighted by Gasteiger charge is 2.45. The predicted octanol–water partition coefficient (Wildman–Crippen LogP) is 2.58. The molecule has 4 rings (SSSR count). The number of carbonyl (C=O) groups excluding carboxylic acids is 6. The zero-order valence-corrected chi connectivity index (χ0v) is 30.4. The Morgan fingerprint density at radius 3 is 2.29 bits per heavy atom. The molecule has 1 saturated carbocycles. The molecule has 3 N–H and O–H groups in total. The van der Waals surface area contributed by atoms with Crippen LogP contribution in [0.5, 0.6) is 0 Å². The third kappa shape index (κ3) is 10.2. The Morgan fingerprint density at radius 2 is 1.67 bits per heavy atom. The van der Waals surface area contributed by atoms with E-state index in [2.05, 4.69) is 30.9 Å². The van der Waals surface area contributed by atoms with Gasteiger partial charge in [0.15, 0.2) is 0 Å². The summed E-state index contributed by atoms with van der Waals surface area (Å²) in [6, 6.07) is -0.294. The van der Waals surface area contributed by atoms with Gasteiger partial charge in [0.1, 0.15) is 23.8 Å². The minimum Gasteiger partial charge on any atom is -0.345 e. The molecule has 1 aliphatic carbocycles. The maximum absolute atomic E-state index is 14.4. The minimum absolute atomic E-state index is 0.0860. The summed E-state index contributed by atoms with van der Waals surface area (Å²) in [5, 5.41) is 8.46. The largest absolute Gasteiger partial charge is 0.345 e. The summed E-state index contributed by atoms with van der Waals surface area (Å²) in [5.74, 6) is -3.52. The van der Waals surface area contributed by atoms with Crippen molar-refractivity contribution in [2.75, 3.05) is 13.6 Å². The van der Waals surface area contributed by atoms with Crippen LogP contribution in [0.1, 0.15) is 102 Å². The highest BCUT2D eigenvalue weighted by Crippen LogP contribution is 2.30. The molecule has 1 saturated heterocycles. The zero-order valence-electron chi connectivity index (χ0n) is 30.4. The molecule has 0 unspecified atom stereocenters. The summed E-state index contributed by atoms with van der Waals surface area (Å²) >= 11 is 0. The molecule has 2 aliphatic rings. The molecule has 4 atom stereocenters. The molecule has 0 spiro atoms. The van der Waals surface area contributed by atoms with Crippen LogP contribution in [0, 0.1) is 11.3 Å². The average molecular weight is 705 g/mol. The zero-order chi connectivity index (χ0) is 37.1. The van der Waals surface area contributed by atoms with Gasteiger partial charge in [0.2, 0.25) is 23.5 Å². The van der Waals surface area contributed by atoms with Crippen LogP contribution in [0.15, 0.2) is 43.1 Å². The SMILES string of the molecule is CCC[C@@H](C(=O)C(=O)NCc1cccnc1)N(C)C(=O)[C@@H]1CCCN1C(=O)[C@@H](NC(=O)[C@@H](NC(=O)c1cnccn1)C1CCCCC1)C(C)(C)C. The first-order chi connectivity index (χ1) is 24.3. The van der Waals surface area contributed by atoms with E-state index in [-0.39, 0.29) is 24.6 Å². The normalized spacial score (nSPS) is 18.2. The van der Waals surface area contributed by atoms with Crippen molar-refractivity contribution in [2.45, 2.75) is 116 Å². The third-order valence-electron chi connectivity index (χ3n) is 9.79. The number of carbonyl (C=O) groups is 6. The molecule has 14 heteroatoms. The Labute approximate surface area is 299 Å². The fourth-order valence-corrected chi connectivity index (χ4v) is 6.92. The minimum atomic E-state index is -1.02. The molecule has 3 heterocycles. The topological polar surface area (TPSA) is 184 Å². The summed E-state index contributed by atoms with van der Waals surface area (Å²) < 4.78 is 0. The smallest absolute Gasteiger partial charge is 0.289 e. The number of nitrogens with zero attached hydrogens (tertiary/aromatic N) is 5. The van der Waals surface area contributed by atoms with Gasteiger partial charge >= 0.3 is 0 Å². The first kappa shape index (κ1) is 39.0. The lowest BCUT2D eigenvalue weighted by molar-refractivity contribution is -0.151. The van der Waals surface area contributed by atoms with Gasteiger partial charge in [-0.15, -0.1) is 0 Å². The number of nitrogens with one attached hydrogen (secondary N) is 3. The van der Waals surface area contributed by atoms with E-state index in [1.54, 1.807) is 24.5 Å². The second-order valence-corrected chi connectivity index (χ2v) is 14.6. The third-order valence-corrected chi connectivity index (χ3v) is 9.79. The van der Waals surface area contributed by atoms with Gasteiger partial charge in [-0.3, -0.25) is 38.7 Å². The van der Waals surface area contributed by atoms with Gasteiger partial charge in [0, 0.05) is 44.9 Å². The van der Waals surface area contributed by atoms with Gasteiger partial charge < -0.3 is 25.8 Å². The number of ketones is 1. The molecule has 1 aliphatic heterocycles. The van der Waals surface area contributed by atoms with Gasteiger partial charge in [-0.05, 0) is 55.1 Å². The van der Waals surface area contributed by atoms with Crippen molar-refractivity contribution in [3.05, 3.63) is 54.4 Å². The average Bonchev–Trinajstić information content (AvgIpc) is 3.63. The molecule has 2 fully saturated rings. The maximum Gasteiger partial charge on any atom is 0.289 e. The number of likely N-dealkylation sites (N-methyl/N-ethyl adjacent to an activating group) is 1. The molecule has 2 aromatic heterocycles. The van der Waals surface area contributed by atoms with Crippen LogP contribution in [-0.2, 0) is 30.5 Å². The van der Waals surface area contributed by atoms with E-state index in [1.807, 2.05) is 27.7 Å². The van der Waals surface area contributed by atoms with Crippen molar-refractivity contribution < 1.29 is 28.8 Å². The van der Waals surface area contributed by atoms with E-state index in [0.717, 1.165) is 37.7 Å². The monoisotopic (exact) mass is 704 g/mol. The van der Waals surface area contributed by atoms with Crippen molar-refractivity contribution in [1.82, 2.24) is 40.7 Å². The molecule has 276 valence electrons. The number of hydrogen-bond acceptors (Lipinski definition) is 9. The van der Waals surface area contributed by atoms with Crippen LogP contribution >= 0.6 is 0 Å². The van der Waals surface area contributed by atoms with Gasteiger partial charge in [0.05, 0.1) is 12.2 Å². The van der Waals surface area contributed by atoms with E-state index >= 15 is 0 Å². The second-order valence-electron chi connectivity index (χ2n) is 14.6. The summed E-state index contributed by atoms with van der Waals surface area (Å²) in [4.78, 5) is 96.7. The number of pyridine rings is 1. The number of amides is 5. The number of Topliss-reactive ketones (excluding diaryl/α,β-unsaturated/α-hetero) is 1. The molecular weight excluding hydrogens is 652 g/mol. The Bertz CT molecular complexity index is 1530. The van der Waals surface area contributed by atoms with Crippen molar-refractivity contribution in [2.24, 2.45) is 11.3 Å². The van der Waals surface area contributed by atoms with Crippen LogP contribution in [0.4, 0.5) is 0 Å². The first-order valence-corrected chi connectivity index (χ1v) is 18.0. The number of aromatic nitrogens is 3. The van der Waals surface area contributed by atoms with Crippen LogP contribution in [0.25, 0.3) is 0 Å². The van der Waals surface area contributed by atoms with Crippen LogP contribution < -0.4 is 16.0 Å². The number of hydrogen-bond donors (Lipinski definition) is 3. The molecule has 51 heavy (non-hydrogen) atoms. The summed E-state index contributed by atoms with van der Waals surface area (Å²) in [6.45, 7) is 7.78. The molecule has 0 aromatic carbocycles. The fraction of sp³-hybridized carbons (Fsp3) is 0.595. The number of rotatable bonds is 14. The molecule has 14 nitrogen and oxygen atoms in total. The fourth-order valence-electron chi connectivity index (χ4n) is 6.92. The number of likely N-dealkylation sites (tertiary alicyclic amines) is 1. The van der Waals surface area contributed by atoms with Crippen molar-refractivity contribution in [1.29, 1.82) is 0 Å². The lowest BCUT2D eigenvalue weighted by atomic mass is 9.82. The molecule has 2 aromatic rings. The summed E-state index contributed by atoms with van der Waals surface area (Å²) in [7, 11) is 1.49. The van der Waals surface area contributed by atoms with E-state index in [9.17, 15) is 28.8 Å². The van der Waals surface area contributed by atoms with E-state index in [1.165, 1.54) is 35.4 Å².